The molecule has 0 saturated carbocycles. The molecule has 3 N–H and O–H groups in total. The van der Waals surface area contributed by atoms with Crippen molar-refractivity contribution in [1.82, 2.24) is 24.6 Å². The highest BCUT2D eigenvalue weighted by Gasteiger charge is 2.32. The molecule has 5 rings (SSSR count). The molecule has 1 atom stereocenters. The zero-order chi connectivity index (χ0) is 22.9. The Labute approximate surface area is 189 Å². The molecule has 0 radical (unpaired) electrons. The molecule has 10 nitrogen and oxygen atoms in total. The molecule has 1 aliphatic rings. The summed E-state index contributed by atoms with van der Waals surface area (Å²) < 4.78 is 1.60. The van der Waals surface area contributed by atoms with Gasteiger partial charge in [-0.15, -0.1) is 5.10 Å². The number of nitrogens with two attached hydrogens (primary N) is 1. The first-order valence-electron chi connectivity index (χ1n) is 10.3. The number of nitriles is 1. The van der Waals surface area contributed by atoms with Crippen LogP contribution >= 0.6 is 0 Å². The number of nitrogens with zero attached hydrogens (tertiary/aromatic N) is 6. The van der Waals surface area contributed by atoms with Crippen LogP contribution in [0.1, 0.15) is 29.3 Å². The molecule has 3 aromatic heterocycles. The number of hydroxylamine groups is 2. The number of anilines is 2. The first-order valence-corrected chi connectivity index (χ1v) is 10.3. The predicted octanol–water partition coefficient (Wildman–Crippen LogP) is 3.46. The average molecular weight is 440 g/mol. The Morgan fingerprint density at radius 2 is 2.15 bits per heavy atom. The van der Waals surface area contributed by atoms with Crippen molar-refractivity contribution in [2.24, 2.45) is 0 Å². The van der Waals surface area contributed by atoms with E-state index in [0.717, 1.165) is 16.7 Å². The number of urea groups is 1. The van der Waals surface area contributed by atoms with Crippen LogP contribution in [0.25, 0.3) is 16.8 Å². The summed E-state index contributed by atoms with van der Waals surface area (Å²) in [6, 6.07) is 14.2. The van der Waals surface area contributed by atoms with Crippen LogP contribution in [0.4, 0.5) is 16.4 Å². The summed E-state index contributed by atoms with van der Waals surface area (Å²) in [6.07, 6.45) is 4.17. The average Bonchev–Trinajstić information content (AvgIpc) is 3.46. The lowest BCUT2D eigenvalue weighted by atomic mass is 10.0. The number of benzene rings is 1. The van der Waals surface area contributed by atoms with Gasteiger partial charge in [0, 0.05) is 29.9 Å². The predicted molar refractivity (Wildman–Crippen MR) is 121 cm³/mol. The topological polar surface area (TPSA) is 134 Å². The highest BCUT2D eigenvalue weighted by molar-refractivity contribution is 5.90. The fourth-order valence-electron chi connectivity index (χ4n) is 3.85. The van der Waals surface area contributed by atoms with Crippen LogP contribution in [0.15, 0.2) is 54.9 Å². The molecule has 1 saturated heterocycles. The summed E-state index contributed by atoms with van der Waals surface area (Å²) in [4.78, 5) is 27.3. The Hall–Kier alpha value is -4.49. The lowest BCUT2D eigenvalue weighted by Gasteiger charge is -2.23. The molecule has 2 amide bonds. The van der Waals surface area contributed by atoms with Crippen molar-refractivity contribution in [3.63, 3.8) is 0 Å². The van der Waals surface area contributed by atoms with Gasteiger partial charge < -0.3 is 11.1 Å². The molecule has 4 heterocycles. The molecule has 1 aliphatic heterocycles. The van der Waals surface area contributed by atoms with E-state index < -0.39 is 6.03 Å². The minimum absolute atomic E-state index is 0.197. The number of aryl methyl sites for hydroxylation is 1. The summed E-state index contributed by atoms with van der Waals surface area (Å²) in [7, 11) is 0. The summed E-state index contributed by atoms with van der Waals surface area (Å²) in [5, 5.41) is 17.6. The van der Waals surface area contributed by atoms with Crippen molar-refractivity contribution in [2.75, 3.05) is 17.7 Å². The van der Waals surface area contributed by atoms with E-state index in [-0.39, 0.29) is 12.0 Å². The van der Waals surface area contributed by atoms with Crippen LogP contribution in [-0.4, -0.2) is 37.3 Å². The number of carbonyl (C=O) groups is 1. The summed E-state index contributed by atoms with van der Waals surface area (Å²) in [5.41, 5.74) is 10.6. The van der Waals surface area contributed by atoms with Gasteiger partial charge in [-0.2, -0.15) is 15.3 Å². The standard InChI is InChI=1S/C23H20N8O2/c1-14-19(10-18(12-26-14)17-5-6-21-28-22(25)29-30(21)13-17)27-23(32)31-20(7-8-33-31)16-4-2-3-15(9-16)11-24/h2-6,9-10,12-13,20H,7-8H2,1H3,(H2,25,29)(H,27,32). The maximum atomic E-state index is 13.1. The second kappa shape index (κ2) is 8.22. The Balaban J connectivity index is 1.40. The molecular weight excluding hydrogens is 420 g/mol. The highest BCUT2D eigenvalue weighted by atomic mass is 16.7. The van der Waals surface area contributed by atoms with Gasteiger partial charge >= 0.3 is 6.03 Å². The van der Waals surface area contributed by atoms with E-state index in [2.05, 4.69) is 26.5 Å². The molecular formula is C23H20N8O2. The van der Waals surface area contributed by atoms with Crippen molar-refractivity contribution in [3.05, 3.63) is 71.7 Å². The number of fused-ring (bicyclic) bond motifs is 1. The number of nitrogens with one attached hydrogen (secondary N) is 1. The highest BCUT2D eigenvalue weighted by Crippen LogP contribution is 2.32. The third-order valence-electron chi connectivity index (χ3n) is 5.51. The zero-order valence-electron chi connectivity index (χ0n) is 17.8. The molecule has 1 fully saturated rings. The smallest absolute Gasteiger partial charge is 0.346 e. The van der Waals surface area contributed by atoms with Crippen molar-refractivity contribution >= 4 is 23.3 Å². The zero-order valence-corrected chi connectivity index (χ0v) is 17.8. The van der Waals surface area contributed by atoms with E-state index in [1.165, 1.54) is 5.06 Å². The third-order valence-corrected chi connectivity index (χ3v) is 5.51. The molecule has 1 aromatic carbocycles. The van der Waals surface area contributed by atoms with Crippen LogP contribution in [0.5, 0.6) is 0 Å². The van der Waals surface area contributed by atoms with Crippen LogP contribution in [0.3, 0.4) is 0 Å². The van der Waals surface area contributed by atoms with Crippen LogP contribution in [0, 0.1) is 18.3 Å². The maximum Gasteiger partial charge on any atom is 0.346 e. The van der Waals surface area contributed by atoms with Crippen molar-refractivity contribution in [3.8, 4) is 17.2 Å². The molecule has 1 unspecified atom stereocenters. The number of carbonyl (C=O) groups excluding carboxylic acids is 1. The van der Waals surface area contributed by atoms with Gasteiger partial charge in [0.05, 0.1) is 35.7 Å². The van der Waals surface area contributed by atoms with E-state index in [1.54, 1.807) is 35.1 Å². The van der Waals surface area contributed by atoms with Crippen molar-refractivity contribution in [1.29, 1.82) is 5.26 Å². The van der Waals surface area contributed by atoms with Gasteiger partial charge in [0.15, 0.2) is 5.65 Å². The molecule has 164 valence electrons. The maximum absolute atomic E-state index is 13.1. The minimum Gasteiger partial charge on any atom is -0.366 e. The van der Waals surface area contributed by atoms with Gasteiger partial charge in [-0.05, 0) is 42.8 Å². The summed E-state index contributed by atoms with van der Waals surface area (Å²) in [6.45, 7) is 2.23. The van der Waals surface area contributed by atoms with Gasteiger partial charge in [-0.3, -0.25) is 9.82 Å². The summed E-state index contributed by atoms with van der Waals surface area (Å²) in [5.74, 6) is 0.197. The number of amides is 2. The molecule has 0 aliphatic carbocycles. The van der Waals surface area contributed by atoms with Gasteiger partial charge in [-0.1, -0.05) is 12.1 Å². The Morgan fingerprint density at radius 3 is 3.00 bits per heavy atom. The van der Waals surface area contributed by atoms with Crippen LogP contribution < -0.4 is 11.1 Å². The van der Waals surface area contributed by atoms with Gasteiger partial charge in [0.25, 0.3) is 0 Å². The first kappa shape index (κ1) is 20.4. The molecule has 4 aromatic rings. The van der Waals surface area contributed by atoms with Crippen molar-refractivity contribution in [2.45, 2.75) is 19.4 Å². The third kappa shape index (κ3) is 3.93. The number of hydrogen-bond donors (Lipinski definition) is 2. The first-order chi connectivity index (χ1) is 16.0. The van der Waals surface area contributed by atoms with Gasteiger partial charge in [0.1, 0.15) is 0 Å². The molecule has 10 heteroatoms. The van der Waals surface area contributed by atoms with Crippen LogP contribution in [-0.2, 0) is 4.84 Å². The Morgan fingerprint density at radius 1 is 1.27 bits per heavy atom. The SMILES string of the molecule is Cc1ncc(-c2ccc3nc(N)nn3c2)cc1NC(=O)N1OCCC1c1cccc(C#N)c1. The second-order valence-electron chi connectivity index (χ2n) is 7.68. The van der Waals surface area contributed by atoms with Crippen molar-refractivity contribution < 1.29 is 9.63 Å². The van der Waals surface area contributed by atoms with E-state index >= 15 is 0 Å². The monoisotopic (exact) mass is 440 g/mol. The van der Waals surface area contributed by atoms with Gasteiger partial charge in [0.2, 0.25) is 5.95 Å². The lowest BCUT2D eigenvalue weighted by Crippen LogP contribution is -2.33. The number of rotatable bonds is 3. The van der Waals surface area contributed by atoms with Gasteiger partial charge in [-0.25, -0.2) is 9.31 Å². The normalized spacial score (nSPS) is 15.5. The quantitative estimate of drug-likeness (QED) is 0.498. The Bertz CT molecular complexity index is 1410. The fourth-order valence-corrected chi connectivity index (χ4v) is 3.85. The molecule has 33 heavy (non-hydrogen) atoms. The van der Waals surface area contributed by atoms with E-state index in [9.17, 15) is 10.1 Å². The fraction of sp³-hybridized carbons (Fsp3) is 0.174. The van der Waals surface area contributed by atoms with Crippen LogP contribution in [0.2, 0.25) is 0 Å². The Kier molecular flexibility index (Phi) is 5.08. The van der Waals surface area contributed by atoms with E-state index in [0.29, 0.717) is 35.6 Å². The second-order valence-corrected chi connectivity index (χ2v) is 7.68. The minimum atomic E-state index is -0.401. The number of aromatic nitrogens is 4. The van der Waals surface area contributed by atoms with E-state index in [1.807, 2.05) is 31.2 Å². The molecule has 0 bridgehead atoms. The number of hydrogen-bond acceptors (Lipinski definition) is 7. The molecule has 0 spiro atoms. The lowest BCUT2D eigenvalue weighted by molar-refractivity contribution is -0.0829. The number of pyridine rings is 2. The summed E-state index contributed by atoms with van der Waals surface area (Å²) >= 11 is 0. The number of nitrogen functional groups attached to an aromatic ring is 1. The van der Waals surface area contributed by atoms with E-state index in [4.69, 9.17) is 10.6 Å². The largest absolute Gasteiger partial charge is 0.366 e.